The molecule has 2 N–H and O–H groups in total. The maximum atomic E-state index is 13.8. The third-order valence-corrected chi connectivity index (χ3v) is 5.15. The summed E-state index contributed by atoms with van der Waals surface area (Å²) in [6.07, 6.45) is 3.21. The van der Waals surface area contributed by atoms with Gasteiger partial charge in [-0.05, 0) is 48.1 Å². The lowest BCUT2D eigenvalue weighted by Crippen LogP contribution is -2.04. The SMILES string of the molecule is Nc1cc(F)c(S(=O)Cc2ccc3c(c2)CCC3)c(F)c1. The highest BCUT2D eigenvalue weighted by molar-refractivity contribution is 7.84. The zero-order valence-electron chi connectivity index (χ0n) is 11.4. The molecule has 0 saturated carbocycles. The van der Waals surface area contributed by atoms with E-state index >= 15 is 0 Å². The van der Waals surface area contributed by atoms with Gasteiger partial charge in [0.05, 0.1) is 16.6 Å². The third-order valence-electron chi connectivity index (χ3n) is 3.71. The van der Waals surface area contributed by atoms with Crippen molar-refractivity contribution in [1.29, 1.82) is 0 Å². The van der Waals surface area contributed by atoms with Gasteiger partial charge >= 0.3 is 0 Å². The Balaban J connectivity index is 1.87. The van der Waals surface area contributed by atoms with Crippen LogP contribution in [-0.2, 0) is 29.4 Å². The van der Waals surface area contributed by atoms with E-state index in [1.807, 2.05) is 18.2 Å². The van der Waals surface area contributed by atoms with Gasteiger partial charge in [0, 0.05) is 5.69 Å². The Morgan fingerprint density at radius 3 is 2.43 bits per heavy atom. The molecule has 0 aromatic heterocycles. The number of rotatable bonds is 3. The van der Waals surface area contributed by atoms with Gasteiger partial charge in [-0.1, -0.05) is 18.2 Å². The maximum absolute atomic E-state index is 13.8. The average molecular weight is 307 g/mol. The van der Waals surface area contributed by atoms with Crippen molar-refractivity contribution in [3.63, 3.8) is 0 Å². The molecule has 5 heteroatoms. The predicted molar refractivity (Wildman–Crippen MR) is 79.3 cm³/mol. The number of hydrogen-bond donors (Lipinski definition) is 1. The monoisotopic (exact) mass is 307 g/mol. The van der Waals surface area contributed by atoms with E-state index in [-0.39, 0.29) is 11.4 Å². The fourth-order valence-corrected chi connectivity index (χ4v) is 3.91. The van der Waals surface area contributed by atoms with Crippen LogP contribution in [0.2, 0.25) is 0 Å². The number of halogens is 2. The summed E-state index contributed by atoms with van der Waals surface area (Å²) in [7, 11) is -1.77. The van der Waals surface area contributed by atoms with Gasteiger partial charge in [-0.2, -0.15) is 0 Å². The second-order valence-electron chi connectivity index (χ2n) is 5.26. The first-order valence-electron chi connectivity index (χ1n) is 6.78. The van der Waals surface area contributed by atoms with Gasteiger partial charge in [-0.15, -0.1) is 0 Å². The maximum Gasteiger partial charge on any atom is 0.144 e. The molecule has 2 aromatic rings. The molecular weight excluding hydrogens is 292 g/mol. The summed E-state index contributed by atoms with van der Waals surface area (Å²) in [6.45, 7) is 0. The highest BCUT2D eigenvalue weighted by Crippen LogP contribution is 2.26. The lowest BCUT2D eigenvalue weighted by atomic mass is 10.1. The molecule has 1 unspecified atom stereocenters. The van der Waals surface area contributed by atoms with E-state index in [1.165, 1.54) is 11.1 Å². The summed E-state index contributed by atoms with van der Waals surface area (Å²) in [5, 5.41) is 0. The Morgan fingerprint density at radius 1 is 1.05 bits per heavy atom. The van der Waals surface area contributed by atoms with Crippen LogP contribution in [0.25, 0.3) is 0 Å². The number of hydrogen-bond acceptors (Lipinski definition) is 2. The highest BCUT2D eigenvalue weighted by atomic mass is 32.2. The van der Waals surface area contributed by atoms with E-state index in [4.69, 9.17) is 5.73 Å². The van der Waals surface area contributed by atoms with Crippen LogP contribution in [0, 0.1) is 11.6 Å². The molecule has 0 heterocycles. The van der Waals surface area contributed by atoms with Gasteiger partial charge in [0.15, 0.2) is 0 Å². The molecule has 2 aromatic carbocycles. The van der Waals surface area contributed by atoms with Crippen molar-refractivity contribution in [2.45, 2.75) is 29.9 Å². The molecule has 1 aliphatic rings. The van der Waals surface area contributed by atoms with Crippen molar-refractivity contribution in [3.8, 4) is 0 Å². The van der Waals surface area contributed by atoms with Crippen molar-refractivity contribution < 1.29 is 13.0 Å². The van der Waals surface area contributed by atoms with Crippen LogP contribution in [0.4, 0.5) is 14.5 Å². The normalized spacial score (nSPS) is 15.0. The molecule has 0 saturated heterocycles. The van der Waals surface area contributed by atoms with Gasteiger partial charge in [0.2, 0.25) is 0 Å². The molecule has 0 aliphatic heterocycles. The van der Waals surface area contributed by atoms with Crippen LogP contribution >= 0.6 is 0 Å². The fraction of sp³-hybridized carbons (Fsp3) is 0.250. The zero-order valence-corrected chi connectivity index (χ0v) is 12.2. The molecule has 0 bridgehead atoms. The summed E-state index contributed by atoms with van der Waals surface area (Å²) in [5.41, 5.74) is 8.76. The number of aryl methyl sites for hydroxylation is 2. The highest BCUT2D eigenvalue weighted by Gasteiger charge is 2.18. The predicted octanol–water partition coefficient (Wildman–Crippen LogP) is 3.34. The Labute approximate surface area is 124 Å². The smallest absolute Gasteiger partial charge is 0.144 e. The quantitative estimate of drug-likeness (QED) is 0.884. The van der Waals surface area contributed by atoms with Gasteiger partial charge in [0.1, 0.15) is 16.5 Å². The van der Waals surface area contributed by atoms with E-state index in [0.717, 1.165) is 37.0 Å². The van der Waals surface area contributed by atoms with Gasteiger partial charge in [-0.3, -0.25) is 4.21 Å². The second-order valence-corrected chi connectivity index (χ2v) is 6.65. The molecule has 0 radical (unpaired) electrons. The van der Waals surface area contributed by atoms with E-state index < -0.39 is 27.3 Å². The Morgan fingerprint density at radius 2 is 1.71 bits per heavy atom. The first-order chi connectivity index (χ1) is 10.0. The molecule has 0 spiro atoms. The summed E-state index contributed by atoms with van der Waals surface area (Å²) >= 11 is 0. The van der Waals surface area contributed by atoms with Gasteiger partial charge < -0.3 is 5.73 Å². The van der Waals surface area contributed by atoms with Gasteiger partial charge in [0.25, 0.3) is 0 Å². The van der Waals surface area contributed by atoms with E-state index in [0.29, 0.717) is 0 Å². The fourth-order valence-electron chi connectivity index (χ4n) is 2.74. The van der Waals surface area contributed by atoms with Crippen LogP contribution in [0.5, 0.6) is 0 Å². The number of fused-ring (bicyclic) bond motifs is 1. The molecule has 1 aliphatic carbocycles. The molecule has 2 nitrogen and oxygen atoms in total. The molecule has 110 valence electrons. The van der Waals surface area contributed by atoms with Crippen LogP contribution in [0.3, 0.4) is 0 Å². The van der Waals surface area contributed by atoms with E-state index in [2.05, 4.69) is 0 Å². The Hall–Kier alpha value is -1.75. The minimum Gasteiger partial charge on any atom is -0.399 e. The first-order valence-corrected chi connectivity index (χ1v) is 8.10. The van der Waals surface area contributed by atoms with Crippen molar-refractivity contribution >= 4 is 16.5 Å². The van der Waals surface area contributed by atoms with Crippen molar-refractivity contribution in [3.05, 3.63) is 58.7 Å². The molecule has 0 amide bonds. The summed E-state index contributed by atoms with van der Waals surface area (Å²) < 4.78 is 39.8. The Kier molecular flexibility index (Phi) is 3.76. The summed E-state index contributed by atoms with van der Waals surface area (Å²) in [6, 6.07) is 7.89. The standard InChI is InChI=1S/C16H15F2NOS/c17-14-7-13(19)8-15(18)16(14)21(20)9-10-4-5-11-2-1-3-12(11)6-10/h4-8H,1-3,9,19H2. The lowest BCUT2D eigenvalue weighted by molar-refractivity contribution is 0.535. The summed E-state index contributed by atoms with van der Waals surface area (Å²) in [4.78, 5) is -0.398. The number of benzene rings is 2. The minimum atomic E-state index is -1.77. The van der Waals surface area contributed by atoms with Gasteiger partial charge in [-0.25, -0.2) is 8.78 Å². The third kappa shape index (κ3) is 2.83. The van der Waals surface area contributed by atoms with E-state index in [1.54, 1.807) is 0 Å². The molecule has 3 rings (SSSR count). The molecule has 1 atom stereocenters. The lowest BCUT2D eigenvalue weighted by Gasteiger charge is -2.08. The number of nitrogens with two attached hydrogens (primary N) is 1. The second kappa shape index (κ2) is 5.56. The largest absolute Gasteiger partial charge is 0.399 e. The van der Waals surface area contributed by atoms with Crippen LogP contribution in [0.15, 0.2) is 35.2 Å². The van der Waals surface area contributed by atoms with Crippen molar-refractivity contribution in [2.75, 3.05) is 5.73 Å². The number of anilines is 1. The number of nitrogen functional groups attached to an aromatic ring is 1. The molecule has 21 heavy (non-hydrogen) atoms. The zero-order chi connectivity index (χ0) is 15.0. The average Bonchev–Trinajstić information content (AvgIpc) is 2.84. The van der Waals surface area contributed by atoms with Crippen molar-refractivity contribution in [1.82, 2.24) is 0 Å². The van der Waals surface area contributed by atoms with Crippen LogP contribution in [-0.4, -0.2) is 4.21 Å². The van der Waals surface area contributed by atoms with E-state index in [9.17, 15) is 13.0 Å². The van der Waals surface area contributed by atoms with Crippen molar-refractivity contribution in [2.24, 2.45) is 0 Å². The first kappa shape index (κ1) is 14.2. The van der Waals surface area contributed by atoms with Crippen LogP contribution < -0.4 is 5.73 Å². The summed E-state index contributed by atoms with van der Waals surface area (Å²) in [5.74, 6) is -1.61. The molecular formula is C16H15F2NOS. The molecule has 0 fully saturated rings. The Bertz CT molecular complexity index is 707. The van der Waals surface area contributed by atoms with Crippen LogP contribution in [0.1, 0.15) is 23.1 Å². The topological polar surface area (TPSA) is 43.1 Å². The minimum absolute atomic E-state index is 0.0109.